The number of oxime groups is 1. The smallest absolute Gasteiger partial charge is 0.142 e. The maximum atomic E-state index is 5.24. The van der Waals surface area contributed by atoms with Crippen molar-refractivity contribution in [2.45, 2.75) is 33.8 Å². The quantitative estimate of drug-likeness (QED) is 0.528. The Labute approximate surface area is 85.6 Å². The zero-order chi connectivity index (χ0) is 10.4. The fourth-order valence-electron chi connectivity index (χ4n) is 1.05. The monoisotopic (exact) mass is 191 g/mol. The van der Waals surface area contributed by atoms with Gasteiger partial charge in [-0.05, 0) is 31.4 Å². The van der Waals surface area contributed by atoms with Gasteiger partial charge in [0.15, 0.2) is 0 Å². The van der Waals surface area contributed by atoms with E-state index in [-0.39, 0.29) is 0 Å². The zero-order valence-electron chi connectivity index (χ0n) is 9.08. The van der Waals surface area contributed by atoms with Crippen molar-refractivity contribution in [2.24, 2.45) is 5.16 Å². The van der Waals surface area contributed by atoms with Crippen LogP contribution < -0.4 is 0 Å². The highest BCUT2D eigenvalue weighted by atomic mass is 16.6. The van der Waals surface area contributed by atoms with E-state index < -0.39 is 0 Å². The fraction of sp³-hybridized carbons (Fsp3) is 0.417. The van der Waals surface area contributed by atoms with E-state index in [1.165, 1.54) is 11.1 Å². The molecule has 0 radical (unpaired) electrons. The van der Waals surface area contributed by atoms with Gasteiger partial charge in [-0.25, -0.2) is 0 Å². The van der Waals surface area contributed by atoms with E-state index in [9.17, 15) is 0 Å². The molecule has 0 unspecified atom stereocenters. The van der Waals surface area contributed by atoms with Crippen molar-refractivity contribution in [1.29, 1.82) is 0 Å². The molecule has 0 aliphatic heterocycles. The topological polar surface area (TPSA) is 21.6 Å². The summed E-state index contributed by atoms with van der Waals surface area (Å²) in [7, 11) is 0. The number of nitrogens with zero attached hydrogens (tertiary/aromatic N) is 1. The Morgan fingerprint density at radius 2 is 2.07 bits per heavy atom. The summed E-state index contributed by atoms with van der Waals surface area (Å²) >= 11 is 0. The minimum atomic E-state index is 0.560. The molecule has 0 amide bonds. The molecule has 0 bridgehead atoms. The van der Waals surface area contributed by atoms with Crippen LogP contribution in [0.5, 0.6) is 0 Å². The van der Waals surface area contributed by atoms with E-state index in [0.29, 0.717) is 6.61 Å². The second kappa shape index (κ2) is 5.43. The molecule has 76 valence electrons. The van der Waals surface area contributed by atoms with E-state index in [2.05, 4.69) is 31.1 Å². The maximum absolute atomic E-state index is 5.24. The lowest BCUT2D eigenvalue weighted by atomic mass is 10.1. The highest BCUT2D eigenvalue weighted by molar-refractivity contribution is 5.80. The third-order valence-corrected chi connectivity index (χ3v) is 2.21. The van der Waals surface area contributed by atoms with Crippen LogP contribution >= 0.6 is 0 Å². The van der Waals surface area contributed by atoms with Gasteiger partial charge in [-0.1, -0.05) is 36.3 Å². The Bertz CT molecular complexity index is 318. The Morgan fingerprint density at radius 1 is 1.36 bits per heavy atom. The summed E-state index contributed by atoms with van der Waals surface area (Å²) in [4.78, 5) is 5.24. The van der Waals surface area contributed by atoms with Crippen LogP contribution in [0.3, 0.4) is 0 Å². The molecule has 0 heterocycles. The van der Waals surface area contributed by atoms with Crippen LogP contribution in [-0.2, 0) is 11.4 Å². The first kappa shape index (κ1) is 10.8. The second-order valence-corrected chi connectivity index (χ2v) is 3.38. The van der Waals surface area contributed by atoms with Crippen LogP contribution in [0.25, 0.3) is 0 Å². The molecule has 1 rings (SSSR count). The second-order valence-electron chi connectivity index (χ2n) is 3.38. The van der Waals surface area contributed by atoms with E-state index in [1.54, 1.807) is 0 Å². The molecule has 0 aliphatic carbocycles. The van der Waals surface area contributed by atoms with Crippen molar-refractivity contribution < 1.29 is 4.84 Å². The van der Waals surface area contributed by atoms with E-state index >= 15 is 0 Å². The molecule has 2 heteroatoms. The summed E-state index contributed by atoms with van der Waals surface area (Å²) in [6, 6.07) is 8.18. The van der Waals surface area contributed by atoms with E-state index in [1.807, 2.05) is 19.1 Å². The van der Waals surface area contributed by atoms with Gasteiger partial charge in [0.1, 0.15) is 6.61 Å². The van der Waals surface area contributed by atoms with Crippen LogP contribution in [0.4, 0.5) is 0 Å². The van der Waals surface area contributed by atoms with Crippen LogP contribution in [0.1, 0.15) is 31.4 Å². The molecule has 0 saturated carbocycles. The van der Waals surface area contributed by atoms with Crippen LogP contribution in [0.15, 0.2) is 29.4 Å². The Morgan fingerprint density at radius 3 is 2.71 bits per heavy atom. The standard InChI is InChI=1S/C12H17NO/c1-4-11(3)13-14-9-12-8-6-5-7-10(12)2/h5-8H,4,9H2,1-3H3. The molecular formula is C12H17NO. The van der Waals surface area contributed by atoms with E-state index in [0.717, 1.165) is 12.1 Å². The van der Waals surface area contributed by atoms with Crippen molar-refractivity contribution in [3.63, 3.8) is 0 Å². The van der Waals surface area contributed by atoms with Crippen molar-refractivity contribution >= 4 is 5.71 Å². The van der Waals surface area contributed by atoms with Gasteiger partial charge in [0.2, 0.25) is 0 Å². The average molecular weight is 191 g/mol. The molecule has 0 fully saturated rings. The lowest BCUT2D eigenvalue weighted by Gasteiger charge is -2.04. The molecule has 1 aromatic rings. The first-order chi connectivity index (χ1) is 6.74. The Kier molecular flexibility index (Phi) is 4.17. The molecule has 0 N–H and O–H groups in total. The summed E-state index contributed by atoms with van der Waals surface area (Å²) in [5.41, 5.74) is 3.47. The SMILES string of the molecule is CCC(C)=NOCc1ccccc1C. The lowest BCUT2D eigenvalue weighted by Crippen LogP contribution is -1.94. The minimum Gasteiger partial charge on any atom is -0.391 e. The molecule has 14 heavy (non-hydrogen) atoms. The number of hydrogen-bond acceptors (Lipinski definition) is 2. The predicted molar refractivity (Wildman–Crippen MR) is 59.4 cm³/mol. The summed E-state index contributed by atoms with van der Waals surface area (Å²) in [5.74, 6) is 0. The Balaban J connectivity index is 2.50. The third-order valence-electron chi connectivity index (χ3n) is 2.21. The fourth-order valence-corrected chi connectivity index (χ4v) is 1.05. The van der Waals surface area contributed by atoms with Gasteiger partial charge in [0.25, 0.3) is 0 Å². The van der Waals surface area contributed by atoms with Crippen LogP contribution in [0.2, 0.25) is 0 Å². The van der Waals surface area contributed by atoms with Crippen molar-refractivity contribution in [1.82, 2.24) is 0 Å². The van der Waals surface area contributed by atoms with Crippen molar-refractivity contribution in [2.75, 3.05) is 0 Å². The highest BCUT2D eigenvalue weighted by Gasteiger charge is 1.96. The van der Waals surface area contributed by atoms with Crippen molar-refractivity contribution in [3.05, 3.63) is 35.4 Å². The maximum Gasteiger partial charge on any atom is 0.142 e. The molecule has 0 aliphatic rings. The van der Waals surface area contributed by atoms with Gasteiger partial charge in [0, 0.05) is 0 Å². The molecule has 2 nitrogen and oxygen atoms in total. The number of hydrogen-bond donors (Lipinski definition) is 0. The number of rotatable bonds is 4. The van der Waals surface area contributed by atoms with Gasteiger partial charge < -0.3 is 4.84 Å². The lowest BCUT2D eigenvalue weighted by molar-refractivity contribution is 0.129. The van der Waals surface area contributed by atoms with Gasteiger partial charge >= 0.3 is 0 Å². The third kappa shape index (κ3) is 3.21. The molecule has 0 saturated heterocycles. The normalized spacial score (nSPS) is 11.5. The number of aryl methyl sites for hydroxylation is 1. The highest BCUT2D eigenvalue weighted by Crippen LogP contribution is 2.08. The predicted octanol–water partition coefficient (Wildman–Crippen LogP) is 3.30. The summed E-state index contributed by atoms with van der Waals surface area (Å²) in [5, 5.41) is 4.00. The van der Waals surface area contributed by atoms with E-state index in [4.69, 9.17) is 4.84 Å². The number of benzene rings is 1. The van der Waals surface area contributed by atoms with Crippen LogP contribution in [0, 0.1) is 6.92 Å². The molecule has 1 aromatic carbocycles. The van der Waals surface area contributed by atoms with Gasteiger partial charge in [-0.3, -0.25) is 0 Å². The average Bonchev–Trinajstić information content (AvgIpc) is 2.20. The largest absolute Gasteiger partial charge is 0.391 e. The molecule has 0 atom stereocenters. The zero-order valence-corrected chi connectivity index (χ0v) is 9.08. The van der Waals surface area contributed by atoms with Gasteiger partial charge in [-0.15, -0.1) is 0 Å². The van der Waals surface area contributed by atoms with Crippen LogP contribution in [-0.4, -0.2) is 5.71 Å². The summed E-state index contributed by atoms with van der Waals surface area (Å²) in [6.07, 6.45) is 0.938. The minimum absolute atomic E-state index is 0.560. The van der Waals surface area contributed by atoms with Crippen molar-refractivity contribution in [3.8, 4) is 0 Å². The molecule has 0 aromatic heterocycles. The summed E-state index contributed by atoms with van der Waals surface area (Å²) in [6.45, 7) is 6.67. The Hall–Kier alpha value is -1.31. The summed E-state index contributed by atoms with van der Waals surface area (Å²) < 4.78 is 0. The van der Waals surface area contributed by atoms with Gasteiger partial charge in [0.05, 0.1) is 5.71 Å². The van der Waals surface area contributed by atoms with Gasteiger partial charge in [-0.2, -0.15) is 0 Å². The molecular weight excluding hydrogens is 174 g/mol. The first-order valence-electron chi connectivity index (χ1n) is 4.94. The first-order valence-corrected chi connectivity index (χ1v) is 4.94. The molecule has 0 spiro atoms.